The van der Waals surface area contributed by atoms with Gasteiger partial charge in [-0.15, -0.1) is 10.2 Å². The molecule has 0 fully saturated rings. The fourth-order valence-corrected chi connectivity index (χ4v) is 5.01. The Balaban J connectivity index is 1.56. The van der Waals surface area contributed by atoms with E-state index >= 15 is 0 Å². The second kappa shape index (κ2) is 14.2. The van der Waals surface area contributed by atoms with Gasteiger partial charge in [-0.2, -0.15) is 0 Å². The van der Waals surface area contributed by atoms with Crippen LogP contribution in [0.4, 0.5) is 5.69 Å². The third kappa shape index (κ3) is 7.97. The summed E-state index contributed by atoms with van der Waals surface area (Å²) < 4.78 is 13.5. The number of amides is 2. The Kier molecular flexibility index (Phi) is 11.0. The third-order valence-corrected chi connectivity index (χ3v) is 7.24. The Hall–Kier alpha value is -3.06. The quantitative estimate of drug-likeness (QED) is 0.160. The van der Waals surface area contributed by atoms with Crippen LogP contribution in [0.25, 0.3) is 6.08 Å². The monoisotopic (exact) mass is 649 g/mol. The SMILES string of the molecule is CCn1c(CNC(=O)/C=C/c2ccc(OC)c(OC)c2)nnc1SCC(=O)Nc1ccc(I)cc1C(C)C. The minimum absolute atomic E-state index is 0.112. The number of carbonyl (C=O) groups excluding carboxylic acids is 2. The van der Waals surface area contributed by atoms with Gasteiger partial charge in [-0.3, -0.25) is 9.59 Å². The van der Waals surface area contributed by atoms with E-state index in [1.54, 1.807) is 32.4 Å². The number of thioether (sulfide) groups is 1. The van der Waals surface area contributed by atoms with Crippen molar-refractivity contribution in [2.45, 2.75) is 44.9 Å². The minimum Gasteiger partial charge on any atom is -0.493 e. The van der Waals surface area contributed by atoms with Gasteiger partial charge in [0.2, 0.25) is 11.8 Å². The van der Waals surface area contributed by atoms with Crippen LogP contribution in [0.5, 0.6) is 11.5 Å². The lowest BCUT2D eigenvalue weighted by Crippen LogP contribution is -2.22. The molecule has 38 heavy (non-hydrogen) atoms. The Morgan fingerprint density at radius 1 is 1.11 bits per heavy atom. The van der Waals surface area contributed by atoms with Gasteiger partial charge in [-0.05, 0) is 83.0 Å². The summed E-state index contributed by atoms with van der Waals surface area (Å²) in [5.41, 5.74) is 2.73. The molecule has 9 nitrogen and oxygen atoms in total. The summed E-state index contributed by atoms with van der Waals surface area (Å²) in [6.07, 6.45) is 3.14. The molecule has 0 atom stereocenters. The van der Waals surface area contributed by atoms with E-state index < -0.39 is 0 Å². The summed E-state index contributed by atoms with van der Waals surface area (Å²) in [6.45, 7) is 7.00. The summed E-state index contributed by atoms with van der Waals surface area (Å²) in [5, 5.41) is 14.9. The highest BCUT2D eigenvalue weighted by atomic mass is 127. The van der Waals surface area contributed by atoms with E-state index in [0.29, 0.717) is 34.9 Å². The van der Waals surface area contributed by atoms with Crippen molar-refractivity contribution in [3.63, 3.8) is 0 Å². The number of methoxy groups -OCH3 is 2. The van der Waals surface area contributed by atoms with Gasteiger partial charge in [0.25, 0.3) is 0 Å². The number of hydrogen-bond acceptors (Lipinski definition) is 7. The van der Waals surface area contributed by atoms with Crippen molar-refractivity contribution >= 4 is 57.9 Å². The second-order valence-electron chi connectivity index (χ2n) is 8.53. The van der Waals surface area contributed by atoms with E-state index in [-0.39, 0.29) is 24.1 Å². The van der Waals surface area contributed by atoms with Crippen LogP contribution in [-0.4, -0.2) is 46.6 Å². The lowest BCUT2D eigenvalue weighted by atomic mass is 10.0. The highest BCUT2D eigenvalue weighted by molar-refractivity contribution is 14.1. The smallest absolute Gasteiger partial charge is 0.244 e. The van der Waals surface area contributed by atoms with E-state index in [2.05, 4.69) is 63.3 Å². The molecule has 1 aromatic heterocycles. The molecule has 0 spiro atoms. The number of nitrogens with one attached hydrogen (secondary N) is 2. The van der Waals surface area contributed by atoms with Crippen molar-refractivity contribution < 1.29 is 19.1 Å². The average Bonchev–Trinajstić information content (AvgIpc) is 3.31. The Morgan fingerprint density at radius 3 is 2.55 bits per heavy atom. The maximum Gasteiger partial charge on any atom is 0.244 e. The second-order valence-corrected chi connectivity index (χ2v) is 10.7. The zero-order valence-corrected chi connectivity index (χ0v) is 25.1. The van der Waals surface area contributed by atoms with Crippen LogP contribution in [-0.2, 0) is 22.7 Å². The molecule has 2 N–H and O–H groups in total. The number of rotatable bonds is 12. The summed E-state index contributed by atoms with van der Waals surface area (Å²) in [6, 6.07) is 11.4. The van der Waals surface area contributed by atoms with Crippen molar-refractivity contribution in [1.82, 2.24) is 20.1 Å². The molecule has 2 aromatic carbocycles. The molecule has 0 aliphatic rings. The van der Waals surface area contributed by atoms with Crippen molar-refractivity contribution in [2.24, 2.45) is 0 Å². The normalized spacial score (nSPS) is 11.1. The molecular formula is C27H32IN5O4S. The van der Waals surface area contributed by atoms with Gasteiger partial charge in [-0.1, -0.05) is 31.7 Å². The van der Waals surface area contributed by atoms with Crippen molar-refractivity contribution in [3.8, 4) is 11.5 Å². The number of nitrogens with zero attached hydrogens (tertiary/aromatic N) is 3. The molecule has 0 saturated carbocycles. The molecule has 3 rings (SSSR count). The maximum atomic E-state index is 12.7. The van der Waals surface area contributed by atoms with Gasteiger partial charge >= 0.3 is 0 Å². The number of hydrogen-bond donors (Lipinski definition) is 2. The van der Waals surface area contributed by atoms with Gasteiger partial charge in [0.15, 0.2) is 22.5 Å². The lowest BCUT2D eigenvalue weighted by molar-refractivity contribution is -0.116. The summed E-state index contributed by atoms with van der Waals surface area (Å²) in [7, 11) is 3.13. The molecular weight excluding hydrogens is 617 g/mol. The van der Waals surface area contributed by atoms with Gasteiger partial charge in [0, 0.05) is 21.9 Å². The van der Waals surface area contributed by atoms with Crippen LogP contribution in [0.1, 0.15) is 43.6 Å². The number of benzene rings is 2. The standard InChI is InChI=1S/C27H32IN5O4S/c1-6-33-24(15-29-25(34)12-8-18-7-11-22(36-4)23(13-18)37-5)31-32-27(33)38-16-26(35)30-21-10-9-19(28)14-20(21)17(2)3/h7-14,17H,6,15-16H2,1-5H3,(H,29,34)(H,30,35)/b12-8+. The summed E-state index contributed by atoms with van der Waals surface area (Å²) >= 11 is 3.59. The van der Waals surface area contributed by atoms with Crippen LogP contribution < -0.4 is 20.1 Å². The molecule has 0 saturated heterocycles. The van der Waals surface area contributed by atoms with Crippen molar-refractivity contribution in [1.29, 1.82) is 0 Å². The first-order valence-corrected chi connectivity index (χ1v) is 14.1. The zero-order valence-electron chi connectivity index (χ0n) is 22.1. The van der Waals surface area contributed by atoms with Crippen LogP contribution in [0.3, 0.4) is 0 Å². The first-order chi connectivity index (χ1) is 18.2. The highest BCUT2D eigenvalue weighted by Gasteiger charge is 2.15. The molecule has 1 heterocycles. The molecule has 0 bridgehead atoms. The van der Waals surface area contributed by atoms with Crippen molar-refractivity contribution in [3.05, 3.63) is 63.0 Å². The number of ether oxygens (including phenoxy) is 2. The van der Waals surface area contributed by atoms with Crippen LogP contribution >= 0.6 is 34.4 Å². The number of halogens is 1. The maximum absolute atomic E-state index is 12.7. The predicted octanol–water partition coefficient (Wildman–Crippen LogP) is 5.10. The summed E-state index contributed by atoms with van der Waals surface area (Å²) in [5.74, 6) is 1.93. The van der Waals surface area contributed by atoms with E-state index in [1.165, 1.54) is 17.8 Å². The lowest BCUT2D eigenvalue weighted by Gasteiger charge is -2.14. The van der Waals surface area contributed by atoms with E-state index in [1.807, 2.05) is 29.7 Å². The van der Waals surface area contributed by atoms with Crippen LogP contribution in [0, 0.1) is 3.57 Å². The largest absolute Gasteiger partial charge is 0.493 e. The fourth-order valence-electron chi connectivity index (χ4n) is 3.67. The Labute approximate surface area is 240 Å². The summed E-state index contributed by atoms with van der Waals surface area (Å²) in [4.78, 5) is 25.1. The third-order valence-electron chi connectivity index (χ3n) is 5.61. The number of carbonyl (C=O) groups is 2. The zero-order chi connectivity index (χ0) is 27.7. The fraction of sp³-hybridized carbons (Fsp3) is 0.333. The molecule has 11 heteroatoms. The van der Waals surface area contributed by atoms with Crippen LogP contribution in [0.2, 0.25) is 0 Å². The first-order valence-electron chi connectivity index (χ1n) is 12.1. The van der Waals surface area contributed by atoms with Gasteiger partial charge in [-0.25, -0.2) is 0 Å². The predicted molar refractivity (Wildman–Crippen MR) is 159 cm³/mol. The van der Waals surface area contributed by atoms with Gasteiger partial charge < -0.3 is 24.7 Å². The van der Waals surface area contributed by atoms with Gasteiger partial charge in [0.1, 0.15) is 0 Å². The number of aromatic nitrogens is 3. The molecule has 0 aliphatic heterocycles. The van der Waals surface area contributed by atoms with E-state index in [9.17, 15) is 9.59 Å². The Morgan fingerprint density at radius 2 is 1.87 bits per heavy atom. The Bertz CT molecular complexity index is 1310. The van der Waals surface area contributed by atoms with Crippen LogP contribution in [0.15, 0.2) is 47.6 Å². The molecule has 2 amide bonds. The molecule has 202 valence electrons. The first kappa shape index (κ1) is 29.5. The molecule has 0 unspecified atom stereocenters. The highest BCUT2D eigenvalue weighted by Crippen LogP contribution is 2.28. The number of anilines is 1. The molecule has 0 aliphatic carbocycles. The van der Waals surface area contributed by atoms with E-state index in [4.69, 9.17) is 9.47 Å². The topological polar surface area (TPSA) is 107 Å². The van der Waals surface area contributed by atoms with E-state index in [0.717, 1.165) is 20.4 Å². The van der Waals surface area contributed by atoms with Crippen molar-refractivity contribution in [2.75, 3.05) is 25.3 Å². The van der Waals surface area contributed by atoms with Gasteiger partial charge in [0.05, 0.1) is 26.5 Å². The average molecular weight is 650 g/mol. The molecule has 3 aromatic rings. The minimum atomic E-state index is -0.266. The molecule has 0 radical (unpaired) electrons.